The van der Waals surface area contributed by atoms with Crippen LogP contribution in [0.3, 0.4) is 0 Å². The maximum absolute atomic E-state index is 12.4. The van der Waals surface area contributed by atoms with E-state index in [-0.39, 0.29) is 6.03 Å². The van der Waals surface area contributed by atoms with Crippen LogP contribution in [0.4, 0.5) is 10.5 Å². The van der Waals surface area contributed by atoms with Gasteiger partial charge in [-0.3, -0.25) is 0 Å². The summed E-state index contributed by atoms with van der Waals surface area (Å²) in [4.78, 5) is 16.8. The molecular weight excluding hydrogens is 406 g/mol. The highest BCUT2D eigenvalue weighted by Gasteiger charge is 2.10. The number of oxazole rings is 1. The van der Waals surface area contributed by atoms with Crippen molar-refractivity contribution < 1.29 is 18.7 Å². The van der Waals surface area contributed by atoms with Gasteiger partial charge in [0, 0.05) is 18.5 Å². The molecule has 0 fully saturated rings. The van der Waals surface area contributed by atoms with Gasteiger partial charge in [-0.05, 0) is 48.5 Å². The van der Waals surface area contributed by atoms with E-state index in [2.05, 4.69) is 15.6 Å². The molecule has 3 aromatic carbocycles. The minimum atomic E-state index is -0.326. The Morgan fingerprint density at radius 3 is 2.47 bits per heavy atom. The Bertz CT molecular complexity index is 1160. The zero-order valence-corrected chi connectivity index (χ0v) is 17.6. The molecule has 1 aromatic heterocycles. The van der Waals surface area contributed by atoms with Crippen LogP contribution in [0, 0.1) is 0 Å². The molecule has 7 nitrogen and oxygen atoms in total. The third-order valence-electron chi connectivity index (χ3n) is 4.66. The lowest BCUT2D eigenvalue weighted by Crippen LogP contribution is -2.30. The number of para-hydroxylation sites is 3. The van der Waals surface area contributed by atoms with Crippen LogP contribution in [-0.4, -0.2) is 24.7 Å². The quantitative estimate of drug-likeness (QED) is 0.386. The van der Waals surface area contributed by atoms with E-state index in [1.165, 1.54) is 0 Å². The van der Waals surface area contributed by atoms with Gasteiger partial charge in [-0.2, -0.15) is 0 Å². The second kappa shape index (κ2) is 10.2. The lowest BCUT2D eigenvalue weighted by atomic mass is 10.2. The number of rotatable bonds is 8. The Labute approximate surface area is 186 Å². The highest BCUT2D eigenvalue weighted by molar-refractivity contribution is 5.90. The van der Waals surface area contributed by atoms with E-state index in [0.717, 1.165) is 17.0 Å². The number of carbonyl (C=O) groups excluding carboxylic acids is 1. The van der Waals surface area contributed by atoms with Crippen LogP contribution < -0.4 is 20.1 Å². The molecule has 2 N–H and O–H groups in total. The summed E-state index contributed by atoms with van der Waals surface area (Å²) >= 11 is 0. The van der Waals surface area contributed by atoms with Crippen molar-refractivity contribution in [3.63, 3.8) is 0 Å². The average Bonchev–Trinajstić information content (AvgIpc) is 3.30. The van der Waals surface area contributed by atoms with Gasteiger partial charge in [0.15, 0.2) is 5.75 Å². The molecule has 4 aromatic rings. The summed E-state index contributed by atoms with van der Waals surface area (Å²) in [5.41, 5.74) is 2.19. The Hall–Kier alpha value is -4.26. The first-order valence-electron chi connectivity index (χ1n) is 10.2. The van der Waals surface area contributed by atoms with E-state index < -0.39 is 0 Å². The van der Waals surface area contributed by atoms with Crippen molar-refractivity contribution in [1.82, 2.24) is 10.3 Å². The molecule has 0 bridgehead atoms. The number of hydrogen-bond donors (Lipinski definition) is 2. The maximum atomic E-state index is 12.4. The fraction of sp³-hybridized carbons (Fsp3) is 0.120. The molecule has 0 unspecified atom stereocenters. The van der Waals surface area contributed by atoms with Crippen molar-refractivity contribution in [2.75, 3.05) is 19.0 Å². The first kappa shape index (κ1) is 21.0. The Balaban J connectivity index is 1.29. The third-order valence-corrected chi connectivity index (χ3v) is 4.66. The number of methoxy groups -OCH3 is 1. The van der Waals surface area contributed by atoms with Crippen LogP contribution in [0.25, 0.3) is 11.5 Å². The number of nitrogens with zero attached hydrogens (tertiary/aromatic N) is 1. The summed E-state index contributed by atoms with van der Waals surface area (Å²) in [6.07, 6.45) is 2.14. The molecule has 0 saturated heterocycles. The molecule has 32 heavy (non-hydrogen) atoms. The van der Waals surface area contributed by atoms with E-state index in [1.54, 1.807) is 25.5 Å². The van der Waals surface area contributed by atoms with Gasteiger partial charge in [-0.25, -0.2) is 9.78 Å². The summed E-state index contributed by atoms with van der Waals surface area (Å²) in [6, 6.07) is 23.8. The Kier molecular flexibility index (Phi) is 6.67. The summed E-state index contributed by atoms with van der Waals surface area (Å²) in [6.45, 7) is 0.405. The molecule has 0 spiro atoms. The number of carbonyl (C=O) groups is 1. The Morgan fingerprint density at radius 1 is 0.938 bits per heavy atom. The standard InChI is InChI=1S/C25H23N3O4/c1-30-20-13-11-18(12-14-20)24-27-19(17-31-24)15-16-26-25(29)28-22-9-5-6-10-23(22)32-21-7-3-2-4-8-21/h2-14,17H,15-16H2,1H3,(H2,26,28,29). The summed E-state index contributed by atoms with van der Waals surface area (Å²) in [5, 5.41) is 5.66. The third kappa shape index (κ3) is 5.46. The van der Waals surface area contributed by atoms with E-state index in [9.17, 15) is 4.79 Å². The lowest BCUT2D eigenvalue weighted by molar-refractivity contribution is 0.252. The average molecular weight is 429 g/mol. The SMILES string of the molecule is COc1ccc(-c2nc(CCNC(=O)Nc3ccccc3Oc3ccccc3)co2)cc1. The number of aromatic nitrogens is 1. The molecule has 1 heterocycles. The predicted molar refractivity (Wildman–Crippen MR) is 122 cm³/mol. The van der Waals surface area contributed by atoms with Gasteiger partial charge in [0.1, 0.15) is 17.8 Å². The molecule has 162 valence electrons. The minimum absolute atomic E-state index is 0.326. The monoisotopic (exact) mass is 429 g/mol. The van der Waals surface area contributed by atoms with Crippen LogP contribution in [0.15, 0.2) is 89.5 Å². The lowest BCUT2D eigenvalue weighted by Gasteiger charge is -2.12. The van der Waals surface area contributed by atoms with E-state index in [4.69, 9.17) is 13.9 Å². The first-order valence-corrected chi connectivity index (χ1v) is 10.2. The van der Waals surface area contributed by atoms with Gasteiger partial charge in [-0.1, -0.05) is 30.3 Å². The van der Waals surface area contributed by atoms with Crippen LogP contribution in [0.2, 0.25) is 0 Å². The number of amides is 2. The molecule has 0 radical (unpaired) electrons. The number of ether oxygens (including phenoxy) is 2. The van der Waals surface area contributed by atoms with Gasteiger partial charge in [0.25, 0.3) is 0 Å². The highest BCUT2D eigenvalue weighted by Crippen LogP contribution is 2.29. The van der Waals surface area contributed by atoms with Gasteiger partial charge in [0.05, 0.1) is 18.5 Å². The van der Waals surface area contributed by atoms with Crippen LogP contribution >= 0.6 is 0 Å². The molecule has 0 saturated carbocycles. The van der Waals surface area contributed by atoms with Crippen molar-refractivity contribution in [2.45, 2.75) is 6.42 Å². The van der Waals surface area contributed by atoms with Crippen molar-refractivity contribution in [1.29, 1.82) is 0 Å². The van der Waals surface area contributed by atoms with Gasteiger partial charge in [-0.15, -0.1) is 0 Å². The summed E-state index contributed by atoms with van der Waals surface area (Å²) in [5.74, 6) is 2.56. The fourth-order valence-corrected chi connectivity index (χ4v) is 3.03. The normalized spacial score (nSPS) is 10.4. The van der Waals surface area contributed by atoms with E-state index >= 15 is 0 Å². The summed E-state index contributed by atoms with van der Waals surface area (Å²) < 4.78 is 16.6. The molecule has 0 aliphatic carbocycles. The maximum Gasteiger partial charge on any atom is 0.319 e. The van der Waals surface area contributed by atoms with E-state index in [0.29, 0.717) is 36.0 Å². The van der Waals surface area contributed by atoms with Crippen LogP contribution in [-0.2, 0) is 6.42 Å². The molecular formula is C25H23N3O4. The van der Waals surface area contributed by atoms with Crippen molar-refractivity contribution in [3.8, 4) is 28.7 Å². The molecule has 0 aliphatic heterocycles. The zero-order chi connectivity index (χ0) is 22.2. The molecule has 7 heteroatoms. The smallest absolute Gasteiger partial charge is 0.319 e. The van der Waals surface area contributed by atoms with Crippen molar-refractivity contribution in [3.05, 3.63) is 90.8 Å². The number of urea groups is 1. The van der Waals surface area contributed by atoms with E-state index in [1.807, 2.05) is 66.7 Å². The molecule has 0 atom stereocenters. The molecule has 4 rings (SSSR count). The van der Waals surface area contributed by atoms with Crippen molar-refractivity contribution in [2.24, 2.45) is 0 Å². The topological polar surface area (TPSA) is 85.6 Å². The van der Waals surface area contributed by atoms with Gasteiger partial charge in [0.2, 0.25) is 5.89 Å². The molecule has 0 aliphatic rings. The first-order chi connectivity index (χ1) is 15.7. The fourth-order valence-electron chi connectivity index (χ4n) is 3.03. The van der Waals surface area contributed by atoms with Gasteiger partial charge >= 0.3 is 6.03 Å². The largest absolute Gasteiger partial charge is 0.497 e. The van der Waals surface area contributed by atoms with Crippen LogP contribution in [0.5, 0.6) is 17.2 Å². The number of hydrogen-bond acceptors (Lipinski definition) is 5. The summed E-state index contributed by atoms with van der Waals surface area (Å²) in [7, 11) is 1.62. The second-order valence-electron chi connectivity index (χ2n) is 6.91. The second-order valence-corrected chi connectivity index (χ2v) is 6.91. The molecule has 2 amide bonds. The van der Waals surface area contributed by atoms with Crippen LogP contribution in [0.1, 0.15) is 5.69 Å². The Morgan fingerprint density at radius 2 is 1.69 bits per heavy atom. The predicted octanol–water partition coefficient (Wildman–Crippen LogP) is 5.51. The number of benzene rings is 3. The number of nitrogens with one attached hydrogen (secondary N) is 2. The highest BCUT2D eigenvalue weighted by atomic mass is 16.5. The number of anilines is 1. The van der Waals surface area contributed by atoms with Crippen molar-refractivity contribution >= 4 is 11.7 Å². The van der Waals surface area contributed by atoms with Gasteiger partial charge < -0.3 is 24.5 Å². The zero-order valence-electron chi connectivity index (χ0n) is 17.6. The minimum Gasteiger partial charge on any atom is -0.497 e.